The highest BCUT2D eigenvalue weighted by Gasteiger charge is 2.27. The second-order valence-electron chi connectivity index (χ2n) is 8.10. The van der Waals surface area contributed by atoms with Crippen LogP contribution in [0.1, 0.15) is 61.7 Å². The van der Waals surface area contributed by atoms with Gasteiger partial charge in [0.05, 0.1) is 17.7 Å². The van der Waals surface area contributed by atoms with Gasteiger partial charge in [0.25, 0.3) is 5.56 Å². The smallest absolute Gasteiger partial charge is 0.253 e. The lowest BCUT2D eigenvalue weighted by Crippen LogP contribution is -2.37. The third-order valence-corrected chi connectivity index (χ3v) is 5.96. The van der Waals surface area contributed by atoms with Gasteiger partial charge in [0, 0.05) is 37.5 Å². The van der Waals surface area contributed by atoms with Gasteiger partial charge in [-0.15, -0.1) is 5.10 Å². The second-order valence-corrected chi connectivity index (χ2v) is 8.10. The van der Waals surface area contributed by atoms with Gasteiger partial charge in [-0.2, -0.15) is 5.10 Å². The van der Waals surface area contributed by atoms with E-state index in [2.05, 4.69) is 32.2 Å². The van der Waals surface area contributed by atoms with E-state index >= 15 is 0 Å². The fourth-order valence-electron chi connectivity index (χ4n) is 3.90. The van der Waals surface area contributed by atoms with E-state index in [0.717, 1.165) is 49.7 Å². The molecule has 1 saturated heterocycles. The van der Waals surface area contributed by atoms with Gasteiger partial charge in [0.2, 0.25) is 0 Å². The number of aromatic nitrogens is 4. The predicted octanol–water partition coefficient (Wildman–Crippen LogP) is 2.70. The largest absolute Gasteiger partial charge is 0.355 e. The first-order chi connectivity index (χ1) is 12.8. The van der Waals surface area contributed by atoms with Crippen molar-refractivity contribution >= 4 is 5.82 Å². The number of hydrogen-bond acceptors (Lipinski definition) is 5. The maximum atomic E-state index is 12.3. The molecule has 3 fully saturated rings. The van der Waals surface area contributed by atoms with Crippen molar-refractivity contribution in [1.82, 2.24) is 19.7 Å². The predicted molar refractivity (Wildman–Crippen MR) is 99.4 cm³/mol. The van der Waals surface area contributed by atoms with Crippen LogP contribution in [0.3, 0.4) is 0 Å². The quantitative estimate of drug-likeness (QED) is 0.829. The van der Waals surface area contributed by atoms with Crippen molar-refractivity contribution in [3.05, 3.63) is 46.3 Å². The molecule has 3 aliphatic rings. The Balaban J connectivity index is 1.18. The summed E-state index contributed by atoms with van der Waals surface area (Å²) in [5.74, 6) is 2.70. The van der Waals surface area contributed by atoms with Gasteiger partial charge in [-0.05, 0) is 56.6 Å². The van der Waals surface area contributed by atoms with Crippen LogP contribution >= 0.6 is 0 Å². The summed E-state index contributed by atoms with van der Waals surface area (Å²) in [5, 5.41) is 8.83. The molecule has 3 heterocycles. The normalized spacial score (nSPS) is 21.2. The summed E-state index contributed by atoms with van der Waals surface area (Å²) in [6.07, 6.45) is 8.78. The molecule has 0 radical (unpaired) electrons. The molecule has 0 amide bonds. The Morgan fingerprint density at radius 3 is 2.27 bits per heavy atom. The van der Waals surface area contributed by atoms with E-state index in [1.165, 1.54) is 25.7 Å². The Labute approximate surface area is 153 Å². The molecule has 0 atom stereocenters. The van der Waals surface area contributed by atoms with Gasteiger partial charge in [0.1, 0.15) is 0 Å². The molecule has 0 bridgehead atoms. The standard InChI is InChI=1S/C20H25N5O/c26-20-11-18(16-3-4-16)21-13-25(20)12-14-7-9-24(10-8-14)19-6-5-17(22-23-19)15-1-2-15/h5-6,11,13-16H,1-4,7-10,12H2. The van der Waals surface area contributed by atoms with Gasteiger partial charge >= 0.3 is 0 Å². The summed E-state index contributed by atoms with van der Waals surface area (Å²) in [5.41, 5.74) is 2.23. The summed E-state index contributed by atoms with van der Waals surface area (Å²) in [7, 11) is 0. The fraction of sp³-hybridized carbons (Fsp3) is 0.600. The molecule has 0 aromatic carbocycles. The minimum Gasteiger partial charge on any atom is -0.355 e. The number of anilines is 1. The summed E-state index contributed by atoms with van der Waals surface area (Å²) in [6, 6.07) is 5.99. The number of rotatable bonds is 5. The lowest BCUT2D eigenvalue weighted by atomic mass is 9.96. The van der Waals surface area contributed by atoms with E-state index in [0.29, 0.717) is 17.8 Å². The van der Waals surface area contributed by atoms with Crippen molar-refractivity contribution < 1.29 is 0 Å². The summed E-state index contributed by atoms with van der Waals surface area (Å²) in [6.45, 7) is 2.73. The van der Waals surface area contributed by atoms with E-state index in [1.54, 1.807) is 17.0 Å². The fourth-order valence-corrected chi connectivity index (χ4v) is 3.90. The van der Waals surface area contributed by atoms with E-state index in [4.69, 9.17) is 0 Å². The summed E-state index contributed by atoms with van der Waals surface area (Å²) in [4.78, 5) is 19.1. The van der Waals surface area contributed by atoms with E-state index in [-0.39, 0.29) is 5.56 Å². The average Bonchev–Trinajstić information content (AvgIpc) is 3.57. The Morgan fingerprint density at radius 2 is 1.65 bits per heavy atom. The second kappa shape index (κ2) is 6.49. The van der Waals surface area contributed by atoms with Crippen LogP contribution < -0.4 is 10.5 Å². The number of hydrogen-bond donors (Lipinski definition) is 0. The first kappa shape index (κ1) is 16.0. The van der Waals surface area contributed by atoms with Crippen LogP contribution in [0, 0.1) is 5.92 Å². The van der Waals surface area contributed by atoms with Crippen molar-refractivity contribution in [2.24, 2.45) is 5.92 Å². The highest BCUT2D eigenvalue weighted by Crippen LogP contribution is 2.39. The molecule has 0 spiro atoms. The molecule has 5 rings (SSSR count). The Kier molecular flexibility index (Phi) is 3.98. The maximum absolute atomic E-state index is 12.3. The van der Waals surface area contributed by atoms with Crippen LogP contribution in [0.25, 0.3) is 0 Å². The minimum absolute atomic E-state index is 0.103. The molecule has 6 nitrogen and oxygen atoms in total. The molecule has 6 heteroatoms. The van der Waals surface area contributed by atoms with E-state index in [1.807, 2.05) is 0 Å². The van der Waals surface area contributed by atoms with E-state index < -0.39 is 0 Å². The highest BCUT2D eigenvalue weighted by atomic mass is 16.1. The maximum Gasteiger partial charge on any atom is 0.253 e. The molecule has 1 aliphatic heterocycles. The van der Waals surface area contributed by atoms with Crippen LogP contribution in [0.5, 0.6) is 0 Å². The van der Waals surface area contributed by atoms with Crippen molar-refractivity contribution in [2.45, 2.75) is 56.9 Å². The minimum atomic E-state index is 0.103. The van der Waals surface area contributed by atoms with Crippen LogP contribution in [-0.4, -0.2) is 32.8 Å². The zero-order chi connectivity index (χ0) is 17.5. The van der Waals surface area contributed by atoms with Crippen LogP contribution in [0.2, 0.25) is 0 Å². The number of nitrogens with zero attached hydrogens (tertiary/aromatic N) is 5. The van der Waals surface area contributed by atoms with Gasteiger partial charge in [-0.1, -0.05) is 0 Å². The van der Waals surface area contributed by atoms with Crippen molar-refractivity contribution in [2.75, 3.05) is 18.0 Å². The molecule has 26 heavy (non-hydrogen) atoms. The van der Waals surface area contributed by atoms with Crippen LogP contribution in [-0.2, 0) is 6.54 Å². The molecular formula is C20H25N5O. The zero-order valence-corrected chi connectivity index (χ0v) is 15.0. The summed E-state index contributed by atoms with van der Waals surface area (Å²) < 4.78 is 1.79. The zero-order valence-electron chi connectivity index (χ0n) is 15.0. The Morgan fingerprint density at radius 1 is 0.923 bits per heavy atom. The molecule has 0 N–H and O–H groups in total. The van der Waals surface area contributed by atoms with Gasteiger partial charge in [0.15, 0.2) is 5.82 Å². The SMILES string of the molecule is O=c1cc(C2CC2)ncn1CC1CCN(c2ccc(C3CC3)nn2)CC1. The van der Waals surface area contributed by atoms with Gasteiger partial charge in [-0.25, -0.2) is 4.98 Å². The van der Waals surface area contributed by atoms with Crippen molar-refractivity contribution in [1.29, 1.82) is 0 Å². The molecular weight excluding hydrogens is 326 g/mol. The van der Waals surface area contributed by atoms with Gasteiger partial charge < -0.3 is 4.90 Å². The molecule has 2 aromatic rings. The Hall–Kier alpha value is -2.24. The lowest BCUT2D eigenvalue weighted by Gasteiger charge is -2.32. The topological polar surface area (TPSA) is 63.9 Å². The first-order valence-electron chi connectivity index (χ1n) is 9.91. The third kappa shape index (κ3) is 3.37. The number of piperidine rings is 1. The molecule has 2 aromatic heterocycles. The first-order valence-corrected chi connectivity index (χ1v) is 9.91. The third-order valence-electron chi connectivity index (χ3n) is 5.96. The molecule has 2 saturated carbocycles. The molecule has 136 valence electrons. The lowest BCUT2D eigenvalue weighted by molar-refractivity contribution is 0.349. The average molecular weight is 351 g/mol. The summed E-state index contributed by atoms with van der Waals surface area (Å²) >= 11 is 0. The molecule has 0 unspecified atom stereocenters. The van der Waals surface area contributed by atoms with Crippen LogP contribution in [0.4, 0.5) is 5.82 Å². The Bertz CT molecular complexity index is 830. The highest BCUT2D eigenvalue weighted by molar-refractivity contribution is 5.38. The van der Waals surface area contributed by atoms with E-state index in [9.17, 15) is 4.79 Å². The monoisotopic (exact) mass is 351 g/mol. The van der Waals surface area contributed by atoms with Gasteiger partial charge in [-0.3, -0.25) is 9.36 Å². The van der Waals surface area contributed by atoms with Crippen molar-refractivity contribution in [3.8, 4) is 0 Å². The molecule has 2 aliphatic carbocycles. The van der Waals surface area contributed by atoms with Crippen molar-refractivity contribution in [3.63, 3.8) is 0 Å². The van der Waals surface area contributed by atoms with Crippen LogP contribution in [0.15, 0.2) is 29.3 Å².